The van der Waals surface area contributed by atoms with E-state index in [1.54, 1.807) is 37.3 Å². The van der Waals surface area contributed by atoms with Crippen LogP contribution in [0.3, 0.4) is 0 Å². The first-order valence-electron chi connectivity index (χ1n) is 11.8. The van der Waals surface area contributed by atoms with E-state index in [0.29, 0.717) is 11.5 Å². The maximum absolute atomic E-state index is 12.4. The van der Waals surface area contributed by atoms with E-state index in [1.807, 2.05) is 84.9 Å². The second kappa shape index (κ2) is 12.7. The fraction of sp³-hybridized carbons (Fsp3) is 0.0645. The molecule has 0 aliphatic rings. The van der Waals surface area contributed by atoms with Crippen LogP contribution in [-0.4, -0.2) is 24.2 Å². The average molecular weight is 491 g/mol. The number of nitrogens with zero attached hydrogens (tertiary/aromatic N) is 1. The van der Waals surface area contributed by atoms with E-state index in [9.17, 15) is 9.59 Å². The van der Waals surface area contributed by atoms with E-state index in [4.69, 9.17) is 9.47 Å². The van der Waals surface area contributed by atoms with Crippen molar-refractivity contribution in [2.75, 3.05) is 0 Å². The van der Waals surface area contributed by atoms with Crippen molar-refractivity contribution < 1.29 is 19.1 Å². The Balaban J connectivity index is 1.23. The van der Waals surface area contributed by atoms with Crippen molar-refractivity contribution in [1.29, 1.82) is 0 Å². The quantitative estimate of drug-likeness (QED) is 0.104. The Morgan fingerprint density at radius 3 is 2.00 bits per heavy atom. The lowest BCUT2D eigenvalue weighted by Gasteiger charge is -2.13. The molecule has 184 valence electrons. The number of nitrogens with one attached hydrogen (secondary N) is 1. The van der Waals surface area contributed by atoms with Crippen molar-refractivity contribution in [3.63, 3.8) is 0 Å². The topological polar surface area (TPSA) is 77.0 Å². The molecule has 6 nitrogen and oxygen atoms in total. The zero-order valence-corrected chi connectivity index (χ0v) is 20.3. The number of carbonyl (C=O) groups is 2. The summed E-state index contributed by atoms with van der Waals surface area (Å²) < 4.78 is 11.0. The molecule has 0 aromatic heterocycles. The molecule has 0 spiro atoms. The van der Waals surface area contributed by atoms with Gasteiger partial charge in [-0.25, -0.2) is 10.2 Å². The van der Waals surface area contributed by atoms with Crippen molar-refractivity contribution in [2.24, 2.45) is 5.10 Å². The van der Waals surface area contributed by atoms with Gasteiger partial charge in [-0.15, -0.1) is 0 Å². The second-order valence-electron chi connectivity index (χ2n) is 8.12. The lowest BCUT2D eigenvalue weighted by atomic mass is 10.1. The fourth-order valence-electron chi connectivity index (χ4n) is 3.38. The van der Waals surface area contributed by atoms with Gasteiger partial charge in [0.05, 0.1) is 6.21 Å². The summed E-state index contributed by atoms with van der Waals surface area (Å²) in [6, 6.07) is 33.9. The van der Waals surface area contributed by atoms with Gasteiger partial charge in [-0.3, -0.25) is 4.79 Å². The molecule has 1 atom stereocenters. The molecule has 4 aromatic carbocycles. The van der Waals surface area contributed by atoms with E-state index >= 15 is 0 Å². The first-order valence-corrected chi connectivity index (χ1v) is 11.8. The summed E-state index contributed by atoms with van der Waals surface area (Å²) in [7, 11) is 0. The summed E-state index contributed by atoms with van der Waals surface area (Å²) in [5.41, 5.74) is 6.30. The number of rotatable bonds is 9. The molecule has 37 heavy (non-hydrogen) atoms. The standard InChI is InChI=1S/C31H26N2O4/c1-23(36-28-19-15-27(16-20-28)26-10-6-3-7-11-26)31(35)33-32-22-25-12-17-29(18-13-25)37-30(34)21-14-24-8-4-2-5-9-24/h2-23H,1H3,(H,33,35)/b21-14+,32-22+. The van der Waals surface area contributed by atoms with Crippen LogP contribution in [0.1, 0.15) is 18.1 Å². The van der Waals surface area contributed by atoms with Crippen LogP contribution in [-0.2, 0) is 9.59 Å². The number of benzene rings is 4. The highest BCUT2D eigenvalue weighted by Gasteiger charge is 2.14. The molecule has 0 fully saturated rings. The molecule has 1 unspecified atom stereocenters. The van der Waals surface area contributed by atoms with Gasteiger partial charge in [0.25, 0.3) is 5.91 Å². The van der Waals surface area contributed by atoms with Crippen LogP contribution in [0, 0.1) is 0 Å². The predicted octanol–water partition coefficient (Wildman–Crippen LogP) is 5.89. The summed E-state index contributed by atoms with van der Waals surface area (Å²) in [5, 5.41) is 3.99. The van der Waals surface area contributed by atoms with Gasteiger partial charge in [0.2, 0.25) is 0 Å². The normalized spacial score (nSPS) is 11.8. The molecule has 0 saturated carbocycles. The average Bonchev–Trinajstić information content (AvgIpc) is 2.94. The van der Waals surface area contributed by atoms with Gasteiger partial charge in [-0.05, 0) is 71.7 Å². The summed E-state index contributed by atoms with van der Waals surface area (Å²) in [6.45, 7) is 1.66. The molecule has 0 aliphatic carbocycles. The molecule has 4 aromatic rings. The Bertz CT molecular complexity index is 1360. The Kier molecular flexibility index (Phi) is 8.59. The molecular weight excluding hydrogens is 464 g/mol. The van der Waals surface area contributed by atoms with E-state index in [0.717, 1.165) is 22.3 Å². The third-order valence-corrected chi connectivity index (χ3v) is 5.34. The first kappa shape index (κ1) is 25.1. The Labute approximate surface area is 215 Å². The number of hydrogen-bond donors (Lipinski definition) is 1. The highest BCUT2D eigenvalue weighted by Crippen LogP contribution is 2.22. The number of carbonyl (C=O) groups excluding carboxylic acids is 2. The van der Waals surface area contributed by atoms with Gasteiger partial charge in [-0.2, -0.15) is 5.10 Å². The Morgan fingerprint density at radius 1 is 0.730 bits per heavy atom. The molecule has 0 heterocycles. The Morgan fingerprint density at radius 2 is 1.32 bits per heavy atom. The molecule has 0 aliphatic heterocycles. The highest BCUT2D eigenvalue weighted by molar-refractivity contribution is 5.89. The molecule has 1 amide bonds. The van der Waals surface area contributed by atoms with Crippen LogP contribution in [0.2, 0.25) is 0 Å². The second-order valence-corrected chi connectivity index (χ2v) is 8.12. The molecule has 0 saturated heterocycles. The predicted molar refractivity (Wildman–Crippen MR) is 145 cm³/mol. The molecule has 6 heteroatoms. The number of hydrazone groups is 1. The van der Waals surface area contributed by atoms with Crippen LogP contribution in [0.25, 0.3) is 17.2 Å². The number of esters is 1. The maximum Gasteiger partial charge on any atom is 0.336 e. The van der Waals surface area contributed by atoms with Gasteiger partial charge < -0.3 is 9.47 Å². The number of amides is 1. The molecule has 4 rings (SSSR count). The minimum absolute atomic E-state index is 0.376. The van der Waals surface area contributed by atoms with Gasteiger partial charge >= 0.3 is 5.97 Å². The van der Waals surface area contributed by atoms with Crippen molar-refractivity contribution in [3.8, 4) is 22.6 Å². The lowest BCUT2D eigenvalue weighted by molar-refractivity contribution is -0.129. The molecule has 0 radical (unpaired) electrons. The van der Waals surface area contributed by atoms with E-state index in [-0.39, 0.29) is 5.91 Å². The summed E-state index contributed by atoms with van der Waals surface area (Å²) in [6.07, 6.45) is 3.84. The minimum atomic E-state index is -0.731. The molecule has 1 N–H and O–H groups in total. The van der Waals surface area contributed by atoms with Crippen LogP contribution in [0.4, 0.5) is 0 Å². The van der Waals surface area contributed by atoms with Crippen LogP contribution in [0.5, 0.6) is 11.5 Å². The van der Waals surface area contributed by atoms with Crippen molar-refractivity contribution in [1.82, 2.24) is 5.43 Å². The smallest absolute Gasteiger partial charge is 0.336 e. The maximum atomic E-state index is 12.4. The van der Waals surface area contributed by atoms with Gasteiger partial charge in [-0.1, -0.05) is 72.8 Å². The summed E-state index contributed by atoms with van der Waals surface area (Å²) in [5.74, 6) is 0.152. The van der Waals surface area contributed by atoms with Gasteiger partial charge in [0, 0.05) is 6.08 Å². The monoisotopic (exact) mass is 490 g/mol. The van der Waals surface area contributed by atoms with Crippen LogP contribution < -0.4 is 14.9 Å². The minimum Gasteiger partial charge on any atom is -0.481 e. The molecule has 0 bridgehead atoms. The largest absolute Gasteiger partial charge is 0.481 e. The Hall–Kier alpha value is -4.97. The third kappa shape index (κ3) is 7.77. The number of ether oxygens (including phenoxy) is 2. The van der Waals surface area contributed by atoms with Crippen molar-refractivity contribution in [3.05, 3.63) is 126 Å². The van der Waals surface area contributed by atoms with E-state index in [1.165, 1.54) is 12.3 Å². The zero-order chi connectivity index (χ0) is 25.9. The SMILES string of the molecule is CC(Oc1ccc(-c2ccccc2)cc1)C(=O)N/N=C/c1ccc(OC(=O)/C=C/c2ccccc2)cc1. The fourth-order valence-corrected chi connectivity index (χ4v) is 3.38. The van der Waals surface area contributed by atoms with Crippen LogP contribution >= 0.6 is 0 Å². The summed E-state index contributed by atoms with van der Waals surface area (Å²) in [4.78, 5) is 24.4. The highest BCUT2D eigenvalue weighted by atomic mass is 16.5. The molecular formula is C31H26N2O4. The summed E-state index contributed by atoms with van der Waals surface area (Å²) >= 11 is 0. The van der Waals surface area contributed by atoms with E-state index < -0.39 is 12.1 Å². The van der Waals surface area contributed by atoms with Gasteiger partial charge in [0.15, 0.2) is 6.10 Å². The lowest BCUT2D eigenvalue weighted by Crippen LogP contribution is -2.33. The third-order valence-electron chi connectivity index (χ3n) is 5.34. The van der Waals surface area contributed by atoms with Gasteiger partial charge in [0.1, 0.15) is 11.5 Å². The van der Waals surface area contributed by atoms with Crippen LogP contribution in [0.15, 0.2) is 120 Å². The zero-order valence-electron chi connectivity index (χ0n) is 20.3. The van der Waals surface area contributed by atoms with E-state index in [2.05, 4.69) is 10.5 Å². The first-order chi connectivity index (χ1) is 18.1. The number of hydrogen-bond acceptors (Lipinski definition) is 5. The van der Waals surface area contributed by atoms with Crippen molar-refractivity contribution >= 4 is 24.2 Å². The van der Waals surface area contributed by atoms with Crippen molar-refractivity contribution in [2.45, 2.75) is 13.0 Å².